The lowest BCUT2D eigenvalue weighted by atomic mass is 10.2. The van der Waals surface area contributed by atoms with E-state index in [4.69, 9.17) is 9.47 Å². The van der Waals surface area contributed by atoms with Crippen molar-refractivity contribution in [3.05, 3.63) is 42.6 Å². The fraction of sp³-hybridized carbons (Fsp3) is 0.500. The summed E-state index contributed by atoms with van der Waals surface area (Å²) in [5.41, 5.74) is 0. The number of hydrogen-bond donors (Lipinski definition) is 0. The summed E-state index contributed by atoms with van der Waals surface area (Å²) in [4.78, 5) is 13.1. The summed E-state index contributed by atoms with van der Waals surface area (Å²) in [6.07, 6.45) is 3.26. The van der Waals surface area contributed by atoms with Gasteiger partial charge in [0.2, 0.25) is 0 Å². The zero-order chi connectivity index (χ0) is 19.2. The molecule has 1 unspecified atom stereocenters. The van der Waals surface area contributed by atoms with Gasteiger partial charge in [-0.2, -0.15) is 0 Å². The first-order chi connectivity index (χ1) is 13.1. The maximum atomic E-state index is 13.2. The molecule has 2 heterocycles. The molecule has 6 nitrogen and oxygen atoms in total. The summed E-state index contributed by atoms with van der Waals surface area (Å²) in [5, 5.41) is 0. The third-order valence-corrected chi connectivity index (χ3v) is 4.67. The van der Waals surface area contributed by atoms with Crippen molar-refractivity contribution < 1.29 is 13.9 Å². The SMILES string of the molecule is CCN1CCOC(CN(c2ncncc2Oc2ccc(F)cc2)C(C)C)C1. The minimum absolute atomic E-state index is 0.106. The van der Waals surface area contributed by atoms with Crippen LogP contribution in [0.5, 0.6) is 11.5 Å². The van der Waals surface area contributed by atoms with E-state index in [1.54, 1.807) is 18.3 Å². The maximum Gasteiger partial charge on any atom is 0.188 e. The smallest absolute Gasteiger partial charge is 0.188 e. The van der Waals surface area contributed by atoms with Crippen molar-refractivity contribution in [3.8, 4) is 11.5 Å². The molecular weight excluding hydrogens is 347 g/mol. The average molecular weight is 374 g/mol. The van der Waals surface area contributed by atoms with E-state index >= 15 is 0 Å². The minimum atomic E-state index is -0.300. The van der Waals surface area contributed by atoms with E-state index in [2.05, 4.69) is 40.5 Å². The molecule has 1 atom stereocenters. The normalized spacial score (nSPS) is 17.9. The lowest BCUT2D eigenvalue weighted by molar-refractivity contribution is -0.0227. The van der Waals surface area contributed by atoms with Crippen LogP contribution in [0.4, 0.5) is 10.2 Å². The zero-order valence-corrected chi connectivity index (χ0v) is 16.1. The second kappa shape index (κ2) is 9.10. The van der Waals surface area contributed by atoms with Crippen LogP contribution in [0.2, 0.25) is 0 Å². The standard InChI is InChI=1S/C20H27FN4O2/c1-4-24-9-10-26-18(12-24)13-25(15(2)3)20-19(11-22-14-23-20)27-17-7-5-16(21)6-8-17/h5-8,11,14-15,18H,4,9-10,12-13H2,1-3H3. The summed E-state index contributed by atoms with van der Waals surface area (Å²) in [5.74, 6) is 1.50. The topological polar surface area (TPSA) is 50.7 Å². The fourth-order valence-electron chi connectivity index (χ4n) is 3.17. The molecule has 0 N–H and O–H groups in total. The summed E-state index contributed by atoms with van der Waals surface area (Å²) >= 11 is 0. The third kappa shape index (κ3) is 5.14. The van der Waals surface area contributed by atoms with Gasteiger partial charge in [0, 0.05) is 25.7 Å². The van der Waals surface area contributed by atoms with Crippen LogP contribution >= 0.6 is 0 Å². The van der Waals surface area contributed by atoms with Gasteiger partial charge in [0.25, 0.3) is 0 Å². The highest BCUT2D eigenvalue weighted by Gasteiger charge is 2.26. The van der Waals surface area contributed by atoms with Crippen LogP contribution < -0.4 is 9.64 Å². The highest BCUT2D eigenvalue weighted by atomic mass is 19.1. The number of rotatable bonds is 7. The van der Waals surface area contributed by atoms with Gasteiger partial charge in [-0.15, -0.1) is 0 Å². The Morgan fingerprint density at radius 2 is 2.11 bits per heavy atom. The van der Waals surface area contributed by atoms with Gasteiger partial charge in [-0.05, 0) is 44.7 Å². The van der Waals surface area contributed by atoms with E-state index in [1.165, 1.54) is 18.5 Å². The van der Waals surface area contributed by atoms with Crippen LogP contribution in [0, 0.1) is 5.82 Å². The Bertz CT molecular complexity index is 726. The molecule has 0 radical (unpaired) electrons. The van der Waals surface area contributed by atoms with Gasteiger partial charge in [0.1, 0.15) is 17.9 Å². The van der Waals surface area contributed by atoms with Gasteiger partial charge in [-0.1, -0.05) is 6.92 Å². The summed E-state index contributed by atoms with van der Waals surface area (Å²) in [6, 6.07) is 6.13. The van der Waals surface area contributed by atoms with Crippen molar-refractivity contribution in [2.75, 3.05) is 37.7 Å². The number of anilines is 1. The lowest BCUT2D eigenvalue weighted by Crippen LogP contribution is -2.49. The van der Waals surface area contributed by atoms with Gasteiger partial charge in [0.05, 0.1) is 18.9 Å². The van der Waals surface area contributed by atoms with Gasteiger partial charge >= 0.3 is 0 Å². The molecule has 1 fully saturated rings. The van der Waals surface area contributed by atoms with Crippen LogP contribution in [0.1, 0.15) is 20.8 Å². The Morgan fingerprint density at radius 1 is 1.33 bits per heavy atom. The van der Waals surface area contributed by atoms with E-state index in [9.17, 15) is 4.39 Å². The van der Waals surface area contributed by atoms with Crippen molar-refractivity contribution in [1.82, 2.24) is 14.9 Å². The predicted octanol–water partition coefficient (Wildman–Crippen LogP) is 3.34. The van der Waals surface area contributed by atoms with E-state index in [0.29, 0.717) is 23.9 Å². The monoisotopic (exact) mass is 374 g/mol. The summed E-state index contributed by atoms with van der Waals surface area (Å²) < 4.78 is 25.1. The molecule has 0 aliphatic carbocycles. The molecule has 3 rings (SSSR count). The molecule has 0 bridgehead atoms. The van der Waals surface area contributed by atoms with Crippen molar-refractivity contribution >= 4 is 5.82 Å². The van der Waals surface area contributed by atoms with E-state index in [1.807, 2.05) is 0 Å². The van der Waals surface area contributed by atoms with Crippen molar-refractivity contribution in [1.29, 1.82) is 0 Å². The van der Waals surface area contributed by atoms with E-state index in [-0.39, 0.29) is 18.0 Å². The number of benzene rings is 1. The number of ether oxygens (including phenoxy) is 2. The van der Waals surface area contributed by atoms with Crippen LogP contribution in [-0.2, 0) is 4.74 Å². The number of halogens is 1. The Hall–Kier alpha value is -2.25. The van der Waals surface area contributed by atoms with Crippen LogP contribution in [0.25, 0.3) is 0 Å². The predicted molar refractivity (Wildman–Crippen MR) is 103 cm³/mol. The number of aromatic nitrogens is 2. The van der Waals surface area contributed by atoms with Gasteiger partial charge < -0.3 is 14.4 Å². The Morgan fingerprint density at radius 3 is 2.81 bits per heavy atom. The first-order valence-electron chi connectivity index (χ1n) is 9.40. The number of morpholine rings is 1. The van der Waals surface area contributed by atoms with E-state index in [0.717, 1.165) is 26.2 Å². The maximum absolute atomic E-state index is 13.2. The molecule has 7 heteroatoms. The number of hydrogen-bond acceptors (Lipinski definition) is 6. The van der Waals surface area contributed by atoms with Crippen molar-refractivity contribution in [2.24, 2.45) is 0 Å². The van der Waals surface area contributed by atoms with Gasteiger partial charge in [0.15, 0.2) is 11.6 Å². The van der Waals surface area contributed by atoms with Crippen molar-refractivity contribution in [3.63, 3.8) is 0 Å². The molecule has 27 heavy (non-hydrogen) atoms. The first-order valence-corrected chi connectivity index (χ1v) is 9.40. The minimum Gasteiger partial charge on any atom is -0.452 e. The summed E-state index contributed by atoms with van der Waals surface area (Å²) in [6.45, 7) is 10.8. The quantitative estimate of drug-likeness (QED) is 0.741. The second-order valence-electron chi connectivity index (χ2n) is 6.90. The number of likely N-dealkylation sites (N-methyl/N-ethyl adjacent to an activating group) is 1. The van der Waals surface area contributed by atoms with Gasteiger partial charge in [-0.3, -0.25) is 4.90 Å². The molecule has 146 valence electrons. The molecule has 0 spiro atoms. The van der Waals surface area contributed by atoms with E-state index < -0.39 is 0 Å². The second-order valence-corrected chi connectivity index (χ2v) is 6.90. The molecule has 2 aromatic rings. The zero-order valence-electron chi connectivity index (χ0n) is 16.1. The first kappa shape index (κ1) is 19.5. The lowest BCUT2D eigenvalue weighted by Gasteiger charge is -2.37. The third-order valence-electron chi connectivity index (χ3n) is 4.67. The molecule has 1 aliphatic rings. The molecular formula is C20H27FN4O2. The molecule has 0 amide bonds. The molecule has 1 aliphatic heterocycles. The molecule has 1 aromatic heterocycles. The Balaban J connectivity index is 1.80. The fourth-order valence-corrected chi connectivity index (χ4v) is 3.17. The molecule has 1 aromatic carbocycles. The van der Waals surface area contributed by atoms with Crippen molar-refractivity contribution in [2.45, 2.75) is 32.9 Å². The van der Waals surface area contributed by atoms with Crippen LogP contribution in [0.15, 0.2) is 36.8 Å². The highest BCUT2D eigenvalue weighted by molar-refractivity contribution is 5.53. The van der Waals surface area contributed by atoms with Crippen LogP contribution in [0.3, 0.4) is 0 Å². The molecule has 1 saturated heterocycles. The average Bonchev–Trinajstić information content (AvgIpc) is 2.68. The number of nitrogens with zero attached hydrogens (tertiary/aromatic N) is 4. The summed E-state index contributed by atoms with van der Waals surface area (Å²) in [7, 11) is 0. The largest absolute Gasteiger partial charge is 0.452 e. The van der Waals surface area contributed by atoms with Gasteiger partial charge in [-0.25, -0.2) is 14.4 Å². The van der Waals surface area contributed by atoms with Crippen LogP contribution in [-0.4, -0.2) is 59.8 Å². The highest BCUT2D eigenvalue weighted by Crippen LogP contribution is 2.31. The Kier molecular flexibility index (Phi) is 6.58. The Labute approximate surface area is 159 Å². The molecule has 0 saturated carbocycles.